The fraction of sp³-hybridized carbons (Fsp3) is 0.294. The summed E-state index contributed by atoms with van der Waals surface area (Å²) in [6.45, 7) is 0. The van der Waals surface area contributed by atoms with Gasteiger partial charge in [0.05, 0.1) is 0 Å². The molecule has 0 aromatic heterocycles. The zero-order valence-electron chi connectivity index (χ0n) is 12.5. The molecule has 0 bridgehead atoms. The lowest BCUT2D eigenvalue weighted by molar-refractivity contribution is 0.592. The highest BCUT2D eigenvalue weighted by molar-refractivity contribution is 6.36. The summed E-state index contributed by atoms with van der Waals surface area (Å²) >= 11 is 12.6. The predicted octanol–water partition coefficient (Wildman–Crippen LogP) is 4.56. The predicted molar refractivity (Wildman–Crippen MR) is 92.7 cm³/mol. The van der Waals surface area contributed by atoms with Crippen molar-refractivity contribution in [3.8, 4) is 0 Å². The third-order valence-electron chi connectivity index (χ3n) is 3.61. The molecule has 0 radical (unpaired) electrons. The summed E-state index contributed by atoms with van der Waals surface area (Å²) in [7, 11) is 6.04. The van der Waals surface area contributed by atoms with E-state index < -0.39 is 0 Å². The Labute approximate surface area is 136 Å². The van der Waals surface area contributed by atoms with Crippen molar-refractivity contribution in [2.45, 2.75) is 12.5 Å². The zero-order valence-corrected chi connectivity index (χ0v) is 14.0. The summed E-state index contributed by atoms with van der Waals surface area (Å²) in [5.41, 5.74) is 3.38. The molecule has 4 heteroatoms. The van der Waals surface area contributed by atoms with E-state index in [-0.39, 0.29) is 6.04 Å². The summed E-state index contributed by atoms with van der Waals surface area (Å²) in [4.78, 5) is 2.10. The molecule has 1 atom stereocenters. The summed E-state index contributed by atoms with van der Waals surface area (Å²) in [5, 5.41) is 4.78. The van der Waals surface area contributed by atoms with Crippen molar-refractivity contribution >= 4 is 28.9 Å². The van der Waals surface area contributed by atoms with Gasteiger partial charge in [0.25, 0.3) is 0 Å². The Hall–Kier alpha value is -1.22. The van der Waals surface area contributed by atoms with Gasteiger partial charge in [-0.1, -0.05) is 41.4 Å². The summed E-state index contributed by atoms with van der Waals surface area (Å²) < 4.78 is 0. The Morgan fingerprint density at radius 1 is 1.05 bits per heavy atom. The number of benzene rings is 2. The Bertz CT molecular complexity index is 591. The van der Waals surface area contributed by atoms with Gasteiger partial charge in [-0.3, -0.25) is 0 Å². The average Bonchev–Trinajstić information content (AvgIpc) is 2.47. The second-order valence-electron chi connectivity index (χ2n) is 5.24. The largest absolute Gasteiger partial charge is 0.378 e. The number of hydrogen-bond acceptors (Lipinski definition) is 2. The number of anilines is 1. The van der Waals surface area contributed by atoms with Crippen molar-refractivity contribution in [2.24, 2.45) is 0 Å². The van der Waals surface area contributed by atoms with Crippen LogP contribution in [-0.2, 0) is 6.42 Å². The molecule has 0 fully saturated rings. The van der Waals surface area contributed by atoms with Gasteiger partial charge in [0.1, 0.15) is 0 Å². The van der Waals surface area contributed by atoms with Crippen molar-refractivity contribution in [1.29, 1.82) is 0 Å². The van der Waals surface area contributed by atoms with E-state index in [0.29, 0.717) is 10.0 Å². The van der Waals surface area contributed by atoms with Crippen molar-refractivity contribution in [1.82, 2.24) is 5.32 Å². The maximum Gasteiger partial charge on any atom is 0.0453 e. The fourth-order valence-electron chi connectivity index (χ4n) is 2.34. The van der Waals surface area contributed by atoms with Crippen molar-refractivity contribution in [3.05, 3.63) is 63.6 Å². The van der Waals surface area contributed by atoms with Crippen LogP contribution in [0.4, 0.5) is 5.69 Å². The number of rotatable bonds is 5. The Balaban J connectivity index is 2.30. The molecule has 0 amide bonds. The SMILES string of the molecule is CNC(Cc1c(Cl)cccc1Cl)c1cccc(N(C)C)c1. The number of nitrogens with one attached hydrogen (secondary N) is 1. The first-order valence-electron chi connectivity index (χ1n) is 6.90. The zero-order chi connectivity index (χ0) is 15.4. The smallest absolute Gasteiger partial charge is 0.0453 e. The Morgan fingerprint density at radius 2 is 1.67 bits per heavy atom. The lowest BCUT2D eigenvalue weighted by atomic mass is 9.98. The van der Waals surface area contributed by atoms with Crippen molar-refractivity contribution in [3.63, 3.8) is 0 Å². The summed E-state index contributed by atoms with van der Waals surface area (Å²) in [6.07, 6.45) is 0.756. The number of hydrogen-bond donors (Lipinski definition) is 1. The second kappa shape index (κ2) is 7.17. The highest BCUT2D eigenvalue weighted by Crippen LogP contribution is 2.30. The maximum absolute atomic E-state index is 6.28. The van der Waals surface area contributed by atoms with Gasteiger partial charge in [-0.05, 0) is 48.9 Å². The fourth-order valence-corrected chi connectivity index (χ4v) is 2.89. The van der Waals surface area contributed by atoms with Gasteiger partial charge >= 0.3 is 0 Å². The molecule has 0 saturated heterocycles. The van der Waals surface area contributed by atoms with E-state index in [1.165, 1.54) is 11.3 Å². The van der Waals surface area contributed by atoms with Gasteiger partial charge in [-0.15, -0.1) is 0 Å². The lowest BCUT2D eigenvalue weighted by Gasteiger charge is -2.21. The molecule has 0 saturated carbocycles. The van der Waals surface area contributed by atoms with Gasteiger partial charge in [0.2, 0.25) is 0 Å². The van der Waals surface area contributed by atoms with Gasteiger partial charge in [0.15, 0.2) is 0 Å². The number of halogens is 2. The van der Waals surface area contributed by atoms with E-state index >= 15 is 0 Å². The number of nitrogens with zero attached hydrogens (tertiary/aromatic N) is 1. The van der Waals surface area contributed by atoms with Gasteiger partial charge < -0.3 is 10.2 Å². The van der Waals surface area contributed by atoms with Crippen LogP contribution < -0.4 is 10.2 Å². The van der Waals surface area contributed by atoms with Crippen LogP contribution >= 0.6 is 23.2 Å². The highest BCUT2D eigenvalue weighted by atomic mass is 35.5. The maximum atomic E-state index is 6.28. The molecule has 21 heavy (non-hydrogen) atoms. The average molecular weight is 323 g/mol. The van der Waals surface area contributed by atoms with E-state index in [4.69, 9.17) is 23.2 Å². The first-order chi connectivity index (χ1) is 10.0. The molecule has 0 aliphatic carbocycles. The highest BCUT2D eigenvalue weighted by Gasteiger charge is 2.15. The standard InChI is InChI=1S/C17H20Cl2N2/c1-20-17(11-14-15(18)8-5-9-16(14)19)12-6-4-7-13(10-12)21(2)3/h4-10,17,20H,11H2,1-3H3. The monoisotopic (exact) mass is 322 g/mol. The third-order valence-corrected chi connectivity index (χ3v) is 4.32. The van der Waals surface area contributed by atoms with E-state index in [0.717, 1.165) is 12.0 Å². The minimum Gasteiger partial charge on any atom is -0.378 e. The molecular formula is C17H20Cl2N2. The molecule has 0 aliphatic rings. The van der Waals surface area contributed by atoms with E-state index in [1.54, 1.807) is 0 Å². The topological polar surface area (TPSA) is 15.3 Å². The third kappa shape index (κ3) is 3.91. The van der Waals surface area contributed by atoms with Crippen molar-refractivity contribution < 1.29 is 0 Å². The van der Waals surface area contributed by atoms with Crippen LogP contribution in [0.3, 0.4) is 0 Å². The normalized spacial score (nSPS) is 12.2. The molecule has 1 unspecified atom stereocenters. The minimum atomic E-state index is 0.169. The van der Waals surface area contributed by atoms with Gasteiger partial charge in [-0.25, -0.2) is 0 Å². The molecule has 0 heterocycles. The summed E-state index contributed by atoms with van der Waals surface area (Å²) in [5.74, 6) is 0. The first-order valence-corrected chi connectivity index (χ1v) is 7.66. The van der Waals surface area contributed by atoms with Gasteiger partial charge in [0, 0.05) is 35.9 Å². The first kappa shape index (κ1) is 16.2. The molecule has 0 aliphatic heterocycles. The van der Waals surface area contributed by atoms with E-state index in [1.807, 2.05) is 39.3 Å². The molecule has 2 aromatic carbocycles. The Morgan fingerprint density at radius 3 is 2.24 bits per heavy atom. The minimum absolute atomic E-state index is 0.169. The van der Waals surface area contributed by atoms with Crippen LogP contribution in [0.5, 0.6) is 0 Å². The van der Waals surface area contributed by atoms with E-state index in [9.17, 15) is 0 Å². The van der Waals surface area contributed by atoms with Crippen LogP contribution in [0.15, 0.2) is 42.5 Å². The molecule has 2 aromatic rings. The van der Waals surface area contributed by atoms with Crippen molar-refractivity contribution in [2.75, 3.05) is 26.0 Å². The molecule has 112 valence electrons. The van der Waals surface area contributed by atoms with Crippen LogP contribution in [0.25, 0.3) is 0 Å². The molecule has 1 N–H and O–H groups in total. The van der Waals surface area contributed by atoms with E-state index in [2.05, 4.69) is 34.5 Å². The van der Waals surface area contributed by atoms with Gasteiger partial charge in [-0.2, -0.15) is 0 Å². The van der Waals surface area contributed by atoms with Crippen LogP contribution in [0.1, 0.15) is 17.2 Å². The molecular weight excluding hydrogens is 303 g/mol. The number of likely N-dealkylation sites (N-methyl/N-ethyl adjacent to an activating group) is 1. The summed E-state index contributed by atoms with van der Waals surface area (Å²) in [6, 6.07) is 14.3. The molecule has 2 rings (SSSR count). The molecule has 0 spiro atoms. The Kier molecular flexibility index (Phi) is 5.51. The van der Waals surface area contributed by atoms with Crippen LogP contribution in [0, 0.1) is 0 Å². The second-order valence-corrected chi connectivity index (χ2v) is 6.05. The van der Waals surface area contributed by atoms with Crippen LogP contribution in [0.2, 0.25) is 10.0 Å². The quantitative estimate of drug-likeness (QED) is 0.867. The van der Waals surface area contributed by atoms with Crippen LogP contribution in [-0.4, -0.2) is 21.1 Å². The molecule has 2 nitrogen and oxygen atoms in total. The lowest BCUT2D eigenvalue weighted by Crippen LogP contribution is -2.20.